The Kier molecular flexibility index (Phi) is 4.12. The number of likely N-dealkylation sites (N-methyl/N-ethyl adjacent to an activating group) is 1. The zero-order chi connectivity index (χ0) is 11.4. The summed E-state index contributed by atoms with van der Waals surface area (Å²) in [7, 11) is 2.01. The topological polar surface area (TPSA) is 49.5 Å². The van der Waals surface area contributed by atoms with Crippen LogP contribution < -0.4 is 5.73 Å². The summed E-state index contributed by atoms with van der Waals surface area (Å²) in [5.41, 5.74) is 7.64. The first-order valence-electron chi connectivity index (χ1n) is 5.26. The number of nitrogens with two attached hydrogens (primary N) is 1. The fourth-order valence-corrected chi connectivity index (χ4v) is 1.64. The van der Waals surface area contributed by atoms with Gasteiger partial charge in [-0.2, -0.15) is 0 Å². The molecule has 1 atom stereocenters. The molecule has 0 amide bonds. The normalized spacial score (nSPS) is 13.1. The molecule has 3 heteroatoms. The average molecular weight is 208 g/mol. The van der Waals surface area contributed by atoms with Crippen LogP contribution in [0.2, 0.25) is 0 Å². The van der Waals surface area contributed by atoms with Gasteiger partial charge in [0.05, 0.1) is 0 Å². The lowest BCUT2D eigenvalue weighted by molar-refractivity contribution is 0.263. The molecule has 0 aliphatic rings. The molecule has 0 aliphatic carbocycles. The van der Waals surface area contributed by atoms with Crippen molar-refractivity contribution in [3.8, 4) is 5.75 Å². The Balaban J connectivity index is 2.89. The zero-order valence-corrected chi connectivity index (χ0v) is 9.70. The third-order valence-electron chi connectivity index (χ3n) is 2.78. The second-order valence-electron chi connectivity index (χ2n) is 4.01. The van der Waals surface area contributed by atoms with Gasteiger partial charge in [-0.3, -0.25) is 4.90 Å². The van der Waals surface area contributed by atoms with Gasteiger partial charge >= 0.3 is 0 Å². The number of aryl methyl sites for hydroxylation is 1. The molecule has 1 aromatic carbocycles. The van der Waals surface area contributed by atoms with Crippen molar-refractivity contribution in [2.75, 3.05) is 20.1 Å². The van der Waals surface area contributed by atoms with Gasteiger partial charge in [-0.05, 0) is 27.0 Å². The highest BCUT2D eigenvalue weighted by Gasteiger charge is 2.14. The molecule has 0 bridgehead atoms. The van der Waals surface area contributed by atoms with E-state index < -0.39 is 0 Å². The van der Waals surface area contributed by atoms with E-state index in [0.717, 1.165) is 17.7 Å². The van der Waals surface area contributed by atoms with Crippen molar-refractivity contribution in [1.82, 2.24) is 4.90 Å². The van der Waals surface area contributed by atoms with E-state index in [2.05, 4.69) is 11.8 Å². The predicted octanol–water partition coefficient (Wildman–Crippen LogP) is 1.65. The smallest absolute Gasteiger partial charge is 0.120 e. The van der Waals surface area contributed by atoms with Gasteiger partial charge in [-0.15, -0.1) is 0 Å². The highest BCUT2D eigenvalue weighted by atomic mass is 16.3. The summed E-state index contributed by atoms with van der Waals surface area (Å²) in [5.74, 6) is 0.358. The molecule has 0 aliphatic heterocycles. The van der Waals surface area contributed by atoms with Gasteiger partial charge in [0, 0.05) is 24.7 Å². The third-order valence-corrected chi connectivity index (χ3v) is 2.78. The number of hydrogen-bond donors (Lipinski definition) is 2. The van der Waals surface area contributed by atoms with Crippen LogP contribution in [0, 0.1) is 6.92 Å². The second-order valence-corrected chi connectivity index (χ2v) is 4.01. The van der Waals surface area contributed by atoms with Crippen LogP contribution in [0.25, 0.3) is 0 Å². The van der Waals surface area contributed by atoms with Gasteiger partial charge in [0.15, 0.2) is 0 Å². The SMILES string of the molecule is Cc1ccc(O)c(C(C)N(C)CCN)c1. The van der Waals surface area contributed by atoms with Crippen molar-refractivity contribution in [3.63, 3.8) is 0 Å². The van der Waals surface area contributed by atoms with E-state index in [9.17, 15) is 5.11 Å². The fourth-order valence-electron chi connectivity index (χ4n) is 1.64. The van der Waals surface area contributed by atoms with Crippen LogP contribution in [0.1, 0.15) is 24.1 Å². The molecule has 0 heterocycles. The van der Waals surface area contributed by atoms with E-state index in [1.807, 2.05) is 26.1 Å². The third kappa shape index (κ3) is 2.94. The Labute approximate surface area is 91.5 Å². The lowest BCUT2D eigenvalue weighted by atomic mass is 10.0. The van der Waals surface area contributed by atoms with Crippen molar-refractivity contribution in [1.29, 1.82) is 0 Å². The standard InChI is InChI=1S/C12H20N2O/c1-9-4-5-12(15)11(8-9)10(2)14(3)7-6-13/h4-5,8,10,15H,6-7,13H2,1-3H3. The van der Waals surface area contributed by atoms with Gasteiger partial charge in [-0.25, -0.2) is 0 Å². The first kappa shape index (κ1) is 12.0. The van der Waals surface area contributed by atoms with E-state index in [4.69, 9.17) is 5.73 Å². The summed E-state index contributed by atoms with van der Waals surface area (Å²) >= 11 is 0. The molecule has 3 nitrogen and oxygen atoms in total. The number of nitrogens with zero attached hydrogens (tertiary/aromatic N) is 1. The highest BCUT2D eigenvalue weighted by molar-refractivity contribution is 5.37. The molecular weight excluding hydrogens is 188 g/mol. The maximum atomic E-state index is 9.76. The van der Waals surface area contributed by atoms with Crippen molar-refractivity contribution in [3.05, 3.63) is 29.3 Å². The minimum Gasteiger partial charge on any atom is -0.508 e. The van der Waals surface area contributed by atoms with E-state index in [1.54, 1.807) is 6.07 Å². The molecular formula is C12H20N2O. The fraction of sp³-hybridized carbons (Fsp3) is 0.500. The Bertz CT molecular complexity index is 325. The molecule has 15 heavy (non-hydrogen) atoms. The number of rotatable bonds is 4. The van der Waals surface area contributed by atoms with E-state index in [0.29, 0.717) is 12.3 Å². The van der Waals surface area contributed by atoms with Gasteiger partial charge in [0.25, 0.3) is 0 Å². The molecule has 0 aromatic heterocycles. The van der Waals surface area contributed by atoms with Gasteiger partial charge in [-0.1, -0.05) is 17.7 Å². The molecule has 3 N–H and O–H groups in total. The molecule has 84 valence electrons. The number of aromatic hydroxyl groups is 1. The summed E-state index contributed by atoms with van der Waals surface area (Å²) in [6.07, 6.45) is 0. The summed E-state index contributed by atoms with van der Waals surface area (Å²) in [6.45, 7) is 5.56. The van der Waals surface area contributed by atoms with Crippen LogP contribution >= 0.6 is 0 Å². The minimum atomic E-state index is 0.188. The lowest BCUT2D eigenvalue weighted by Crippen LogP contribution is -2.28. The van der Waals surface area contributed by atoms with E-state index >= 15 is 0 Å². The minimum absolute atomic E-state index is 0.188. The molecule has 0 radical (unpaired) electrons. The molecule has 1 aromatic rings. The monoisotopic (exact) mass is 208 g/mol. The van der Waals surface area contributed by atoms with Crippen molar-refractivity contribution in [2.24, 2.45) is 5.73 Å². The van der Waals surface area contributed by atoms with Crippen molar-refractivity contribution >= 4 is 0 Å². The average Bonchev–Trinajstić information content (AvgIpc) is 2.21. The second kappa shape index (κ2) is 5.14. The van der Waals surface area contributed by atoms with Crippen LogP contribution in [-0.4, -0.2) is 30.1 Å². The maximum Gasteiger partial charge on any atom is 0.120 e. The Morgan fingerprint density at radius 2 is 2.13 bits per heavy atom. The van der Waals surface area contributed by atoms with Gasteiger partial charge < -0.3 is 10.8 Å². The lowest BCUT2D eigenvalue weighted by Gasteiger charge is -2.25. The van der Waals surface area contributed by atoms with Gasteiger partial charge in [0.2, 0.25) is 0 Å². The molecule has 0 saturated carbocycles. The first-order chi connectivity index (χ1) is 7.06. The van der Waals surface area contributed by atoms with Gasteiger partial charge in [0.1, 0.15) is 5.75 Å². The molecule has 0 saturated heterocycles. The van der Waals surface area contributed by atoms with Crippen molar-refractivity contribution < 1.29 is 5.11 Å². The molecule has 1 rings (SSSR count). The number of phenols is 1. The summed E-state index contributed by atoms with van der Waals surface area (Å²) in [5, 5.41) is 9.76. The Hall–Kier alpha value is -1.06. The van der Waals surface area contributed by atoms with Crippen LogP contribution in [0.4, 0.5) is 0 Å². The largest absolute Gasteiger partial charge is 0.508 e. The zero-order valence-electron chi connectivity index (χ0n) is 9.70. The molecule has 1 unspecified atom stereocenters. The Morgan fingerprint density at radius 1 is 1.47 bits per heavy atom. The van der Waals surface area contributed by atoms with Crippen molar-refractivity contribution in [2.45, 2.75) is 19.9 Å². The summed E-state index contributed by atoms with van der Waals surface area (Å²) in [4.78, 5) is 2.13. The molecule has 0 spiro atoms. The Morgan fingerprint density at radius 3 is 2.73 bits per heavy atom. The number of hydrogen-bond acceptors (Lipinski definition) is 3. The molecule has 0 fully saturated rings. The highest BCUT2D eigenvalue weighted by Crippen LogP contribution is 2.28. The summed E-state index contributed by atoms with van der Waals surface area (Å²) < 4.78 is 0. The van der Waals surface area contributed by atoms with Crippen LogP contribution in [0.15, 0.2) is 18.2 Å². The van der Waals surface area contributed by atoms with Crippen LogP contribution in [-0.2, 0) is 0 Å². The van der Waals surface area contributed by atoms with E-state index in [1.165, 1.54) is 0 Å². The number of benzene rings is 1. The predicted molar refractivity (Wildman–Crippen MR) is 62.9 cm³/mol. The summed E-state index contributed by atoms with van der Waals surface area (Å²) in [6, 6.07) is 5.87. The quantitative estimate of drug-likeness (QED) is 0.791. The first-order valence-corrected chi connectivity index (χ1v) is 5.26. The maximum absolute atomic E-state index is 9.76. The van der Waals surface area contributed by atoms with E-state index in [-0.39, 0.29) is 6.04 Å². The number of phenolic OH excluding ortho intramolecular Hbond substituents is 1. The van der Waals surface area contributed by atoms with Crippen LogP contribution in [0.3, 0.4) is 0 Å². The van der Waals surface area contributed by atoms with Crippen LogP contribution in [0.5, 0.6) is 5.75 Å².